The van der Waals surface area contributed by atoms with Gasteiger partial charge in [-0.1, -0.05) is 30.3 Å². The first-order chi connectivity index (χ1) is 15.5. The molecule has 0 aliphatic carbocycles. The van der Waals surface area contributed by atoms with Crippen molar-refractivity contribution < 1.29 is 18.7 Å². The van der Waals surface area contributed by atoms with Crippen molar-refractivity contribution in [1.82, 2.24) is 5.32 Å². The Kier molecular flexibility index (Phi) is 8.01. The molecule has 3 rings (SSSR count). The number of benzene rings is 3. The molecular weight excluding hydrogens is 475 g/mol. The zero-order chi connectivity index (χ0) is 22.9. The van der Waals surface area contributed by atoms with E-state index in [9.17, 15) is 14.4 Å². The van der Waals surface area contributed by atoms with Crippen LogP contribution in [0.25, 0.3) is 6.08 Å². The summed E-state index contributed by atoms with van der Waals surface area (Å²) in [6, 6.07) is 20.6. The van der Waals surface area contributed by atoms with E-state index in [2.05, 4.69) is 21.2 Å². The molecule has 0 unspecified atom stereocenters. The van der Waals surface area contributed by atoms with E-state index in [1.807, 2.05) is 18.2 Å². The van der Waals surface area contributed by atoms with Crippen LogP contribution in [0, 0.1) is 17.1 Å². The van der Waals surface area contributed by atoms with E-state index in [0.29, 0.717) is 22.3 Å². The fraction of sp³-hybridized carbons (Fsp3) is 0.120. The topological polar surface area (TPSA) is 71.3 Å². The van der Waals surface area contributed by atoms with Gasteiger partial charge in [0.15, 0.2) is 0 Å². The van der Waals surface area contributed by atoms with Crippen molar-refractivity contribution in [2.45, 2.75) is 13.2 Å². The third kappa shape index (κ3) is 6.43. The minimum absolute atomic E-state index is 0.00890. The van der Waals surface area contributed by atoms with Crippen molar-refractivity contribution in [3.05, 3.63) is 99.3 Å². The lowest BCUT2D eigenvalue weighted by atomic mass is 10.1. The van der Waals surface area contributed by atoms with Crippen LogP contribution >= 0.6 is 15.9 Å². The highest BCUT2D eigenvalue weighted by molar-refractivity contribution is 9.10. The Bertz CT molecular complexity index is 1150. The van der Waals surface area contributed by atoms with Crippen LogP contribution in [0.3, 0.4) is 0 Å². The van der Waals surface area contributed by atoms with Crippen LogP contribution in [0.15, 0.2) is 76.8 Å². The van der Waals surface area contributed by atoms with Crippen molar-refractivity contribution in [3.63, 3.8) is 0 Å². The molecule has 0 heterocycles. The second kappa shape index (κ2) is 11.1. The van der Waals surface area contributed by atoms with Crippen molar-refractivity contribution in [2.24, 2.45) is 0 Å². The Hall–Kier alpha value is -3.63. The molecule has 0 spiro atoms. The summed E-state index contributed by atoms with van der Waals surface area (Å²) in [6.45, 7) is 0.576. The van der Waals surface area contributed by atoms with Gasteiger partial charge in [-0.3, -0.25) is 4.79 Å². The molecule has 0 saturated heterocycles. The fourth-order valence-electron chi connectivity index (χ4n) is 2.80. The molecule has 7 heteroatoms. The second-order valence-corrected chi connectivity index (χ2v) is 7.66. The Morgan fingerprint density at radius 1 is 1.09 bits per heavy atom. The van der Waals surface area contributed by atoms with Crippen LogP contribution < -0.4 is 14.8 Å². The summed E-state index contributed by atoms with van der Waals surface area (Å²) in [5.74, 6) is 0.561. The summed E-state index contributed by atoms with van der Waals surface area (Å²) < 4.78 is 24.5. The van der Waals surface area contributed by atoms with Crippen LogP contribution in [0.4, 0.5) is 4.39 Å². The van der Waals surface area contributed by atoms with Gasteiger partial charge in [-0.25, -0.2) is 4.39 Å². The number of hydrogen-bond donors (Lipinski definition) is 1. The average Bonchev–Trinajstić information content (AvgIpc) is 2.81. The molecule has 0 aromatic heterocycles. The fourth-order valence-corrected chi connectivity index (χ4v) is 3.31. The summed E-state index contributed by atoms with van der Waals surface area (Å²) in [5.41, 5.74) is 2.39. The molecular formula is C25H20BrFN2O3. The minimum Gasteiger partial charge on any atom is -0.497 e. The van der Waals surface area contributed by atoms with E-state index in [0.717, 1.165) is 16.9 Å². The van der Waals surface area contributed by atoms with E-state index in [-0.39, 0.29) is 18.0 Å². The van der Waals surface area contributed by atoms with E-state index >= 15 is 0 Å². The second-order valence-electron chi connectivity index (χ2n) is 6.81. The highest BCUT2D eigenvalue weighted by Gasteiger charge is 2.10. The van der Waals surface area contributed by atoms with Crippen LogP contribution in [-0.2, 0) is 17.9 Å². The third-order valence-electron chi connectivity index (χ3n) is 4.55. The number of rotatable bonds is 8. The van der Waals surface area contributed by atoms with Gasteiger partial charge in [-0.15, -0.1) is 0 Å². The molecule has 3 aromatic rings. The minimum atomic E-state index is -0.462. The van der Waals surface area contributed by atoms with E-state index in [1.165, 1.54) is 18.2 Å². The Labute approximate surface area is 194 Å². The van der Waals surface area contributed by atoms with Gasteiger partial charge in [0.25, 0.3) is 5.91 Å². The van der Waals surface area contributed by atoms with Gasteiger partial charge in [-0.05, 0) is 75.1 Å². The largest absolute Gasteiger partial charge is 0.497 e. The molecule has 0 aliphatic heterocycles. The zero-order valence-electron chi connectivity index (χ0n) is 17.3. The summed E-state index contributed by atoms with van der Waals surface area (Å²) in [5, 5.41) is 12.2. The van der Waals surface area contributed by atoms with Gasteiger partial charge in [0.1, 0.15) is 35.6 Å². The Morgan fingerprint density at radius 3 is 2.41 bits per heavy atom. The lowest BCUT2D eigenvalue weighted by Crippen LogP contribution is -2.23. The van der Waals surface area contributed by atoms with Crippen molar-refractivity contribution in [1.29, 1.82) is 5.26 Å². The predicted octanol–water partition coefficient (Wildman–Crippen LogP) is 5.40. The Balaban J connectivity index is 1.62. The number of carbonyl (C=O) groups is 1. The molecule has 32 heavy (non-hydrogen) atoms. The number of ether oxygens (including phenoxy) is 2. The van der Waals surface area contributed by atoms with Crippen LogP contribution in [0.2, 0.25) is 0 Å². The van der Waals surface area contributed by atoms with Crippen molar-refractivity contribution >= 4 is 27.9 Å². The molecule has 0 saturated carbocycles. The number of amides is 1. The van der Waals surface area contributed by atoms with Gasteiger partial charge in [0, 0.05) is 6.54 Å². The zero-order valence-corrected chi connectivity index (χ0v) is 18.9. The van der Waals surface area contributed by atoms with Crippen LogP contribution in [-0.4, -0.2) is 13.0 Å². The molecule has 3 aromatic carbocycles. The lowest BCUT2D eigenvalue weighted by Gasteiger charge is -2.09. The quantitative estimate of drug-likeness (QED) is 0.336. The maximum Gasteiger partial charge on any atom is 0.262 e. The van der Waals surface area contributed by atoms with Gasteiger partial charge in [0.2, 0.25) is 0 Å². The maximum absolute atomic E-state index is 13.0. The lowest BCUT2D eigenvalue weighted by molar-refractivity contribution is -0.117. The molecule has 1 amide bonds. The number of nitrogens with one attached hydrogen (secondary N) is 1. The monoisotopic (exact) mass is 494 g/mol. The molecule has 0 bridgehead atoms. The summed E-state index contributed by atoms with van der Waals surface area (Å²) >= 11 is 3.45. The molecule has 0 atom stereocenters. The molecule has 0 radical (unpaired) electrons. The molecule has 0 aliphatic rings. The van der Waals surface area contributed by atoms with E-state index < -0.39 is 5.91 Å². The van der Waals surface area contributed by atoms with Crippen molar-refractivity contribution in [3.8, 4) is 17.6 Å². The molecule has 162 valence electrons. The number of halogens is 2. The van der Waals surface area contributed by atoms with Gasteiger partial charge >= 0.3 is 0 Å². The highest BCUT2D eigenvalue weighted by Crippen LogP contribution is 2.28. The Morgan fingerprint density at radius 2 is 1.78 bits per heavy atom. The van der Waals surface area contributed by atoms with Crippen molar-refractivity contribution in [2.75, 3.05) is 7.11 Å². The highest BCUT2D eigenvalue weighted by atomic mass is 79.9. The molecule has 1 N–H and O–H groups in total. The molecule has 0 fully saturated rings. The van der Waals surface area contributed by atoms with E-state index in [4.69, 9.17) is 9.47 Å². The number of carbonyl (C=O) groups excluding carboxylic acids is 1. The SMILES string of the molecule is COc1ccc(CNC(=O)/C(C#N)=C\c2ccc(OCc3ccc(F)cc3)c(Br)c2)cc1. The number of methoxy groups -OCH3 is 1. The number of nitriles is 1. The molecule has 5 nitrogen and oxygen atoms in total. The van der Waals surface area contributed by atoms with Gasteiger partial charge in [-0.2, -0.15) is 5.26 Å². The summed E-state index contributed by atoms with van der Waals surface area (Å²) in [6.07, 6.45) is 1.51. The van der Waals surface area contributed by atoms with E-state index in [1.54, 1.807) is 49.6 Å². The van der Waals surface area contributed by atoms with Crippen LogP contribution in [0.5, 0.6) is 11.5 Å². The first-order valence-electron chi connectivity index (χ1n) is 9.68. The maximum atomic E-state index is 13.0. The predicted molar refractivity (Wildman–Crippen MR) is 123 cm³/mol. The summed E-state index contributed by atoms with van der Waals surface area (Å²) in [7, 11) is 1.59. The van der Waals surface area contributed by atoms with Crippen LogP contribution in [0.1, 0.15) is 16.7 Å². The first kappa shape index (κ1) is 23.0. The summed E-state index contributed by atoms with van der Waals surface area (Å²) in [4.78, 5) is 12.4. The third-order valence-corrected chi connectivity index (χ3v) is 5.17. The normalized spacial score (nSPS) is 10.9. The van der Waals surface area contributed by atoms with Gasteiger partial charge < -0.3 is 14.8 Å². The smallest absolute Gasteiger partial charge is 0.262 e. The number of hydrogen-bond acceptors (Lipinski definition) is 4. The standard InChI is InChI=1S/C25H20BrFN2O3/c1-31-22-9-4-17(5-10-22)15-29-25(30)20(14-28)12-19-6-11-24(23(26)13-19)32-16-18-2-7-21(27)8-3-18/h2-13H,15-16H2,1H3,(H,29,30)/b20-12-. The number of nitrogens with zero attached hydrogens (tertiary/aromatic N) is 1. The average molecular weight is 495 g/mol. The first-order valence-corrected chi connectivity index (χ1v) is 10.5. The van der Waals surface area contributed by atoms with Gasteiger partial charge in [0.05, 0.1) is 11.6 Å².